The van der Waals surface area contributed by atoms with E-state index in [0.29, 0.717) is 11.1 Å². The smallest absolute Gasteiger partial charge is 0.253 e. The summed E-state index contributed by atoms with van der Waals surface area (Å²) in [5.74, 6) is 0. The molecule has 0 atom stereocenters. The van der Waals surface area contributed by atoms with E-state index in [1.807, 2.05) is 38.1 Å². The van der Waals surface area contributed by atoms with Crippen LogP contribution in [0.3, 0.4) is 0 Å². The molecular weight excluding hydrogens is 383 g/mol. The molecule has 0 fully saturated rings. The Hall–Kier alpha value is -0.940. The molecule has 0 bridgehead atoms. The van der Waals surface area contributed by atoms with Gasteiger partial charge in [-0.05, 0) is 71.4 Å². The Labute approximate surface area is 159 Å². The molecule has 0 aliphatic rings. The van der Waals surface area contributed by atoms with Crippen LogP contribution < -0.4 is 0 Å². The van der Waals surface area contributed by atoms with Crippen molar-refractivity contribution in [2.45, 2.75) is 36.5 Å². The lowest BCUT2D eigenvalue weighted by Gasteiger charge is -2.10. The van der Waals surface area contributed by atoms with Gasteiger partial charge in [-0.3, -0.25) is 9.59 Å². The average molecular weight is 399 g/mol. The number of aryl methyl sites for hydroxylation is 2. The summed E-state index contributed by atoms with van der Waals surface area (Å²) in [4.78, 5) is 24.8. The normalized spacial score (nSPS) is 10.7. The SMILES string of the molecule is CCc1ccc(C(=O)Cl)c(SSc2cc(CC)ccc2C(=O)Cl)c1. The Bertz CT molecular complexity index is 710. The largest absolute Gasteiger partial charge is 0.276 e. The lowest BCUT2D eigenvalue weighted by molar-refractivity contribution is 0.107. The highest BCUT2D eigenvalue weighted by Gasteiger charge is 2.15. The summed E-state index contributed by atoms with van der Waals surface area (Å²) in [7, 11) is 2.82. The van der Waals surface area contributed by atoms with Gasteiger partial charge in [-0.15, -0.1) is 0 Å². The minimum atomic E-state index is -0.489. The highest BCUT2D eigenvalue weighted by Crippen LogP contribution is 2.42. The van der Waals surface area contributed by atoms with Gasteiger partial charge in [0.05, 0.1) is 0 Å². The van der Waals surface area contributed by atoms with E-state index in [1.165, 1.54) is 21.6 Å². The first kappa shape index (κ1) is 19.4. The molecule has 6 heteroatoms. The highest BCUT2D eigenvalue weighted by atomic mass is 35.5. The second-order valence-electron chi connectivity index (χ2n) is 5.08. The molecule has 126 valence electrons. The predicted molar refractivity (Wildman–Crippen MR) is 104 cm³/mol. The summed E-state index contributed by atoms with van der Waals surface area (Å²) in [6.07, 6.45) is 1.73. The van der Waals surface area contributed by atoms with Crippen LogP contribution in [0.2, 0.25) is 0 Å². The first-order chi connectivity index (χ1) is 11.5. The van der Waals surface area contributed by atoms with Crippen molar-refractivity contribution < 1.29 is 9.59 Å². The number of benzene rings is 2. The molecule has 0 heterocycles. The minimum absolute atomic E-state index is 0.469. The molecule has 0 saturated heterocycles. The molecule has 0 aromatic heterocycles. The standard InChI is InChI=1S/C18H16Cl2O2S2/c1-3-11-5-7-13(17(19)21)15(9-11)23-24-16-10-12(4-2)6-8-14(16)18(20)22/h5-10H,3-4H2,1-2H3. The Morgan fingerprint density at radius 3 is 1.46 bits per heavy atom. The summed E-state index contributed by atoms with van der Waals surface area (Å²) >= 11 is 11.4. The Balaban J connectivity index is 2.33. The maximum absolute atomic E-state index is 11.6. The van der Waals surface area contributed by atoms with Crippen molar-refractivity contribution in [3.8, 4) is 0 Å². The summed E-state index contributed by atoms with van der Waals surface area (Å²) in [5.41, 5.74) is 3.18. The molecule has 0 N–H and O–H groups in total. The second-order valence-corrected chi connectivity index (χ2v) is 7.98. The van der Waals surface area contributed by atoms with E-state index in [4.69, 9.17) is 23.2 Å². The van der Waals surface area contributed by atoms with Crippen LogP contribution in [0, 0.1) is 0 Å². The first-order valence-corrected chi connectivity index (χ1v) is 10.4. The molecule has 2 aromatic carbocycles. The Kier molecular flexibility index (Phi) is 7.23. The van der Waals surface area contributed by atoms with Gasteiger partial charge in [-0.1, -0.05) is 47.6 Å². The Morgan fingerprint density at radius 2 is 1.17 bits per heavy atom. The maximum atomic E-state index is 11.6. The topological polar surface area (TPSA) is 34.1 Å². The van der Waals surface area contributed by atoms with Gasteiger partial charge in [0.1, 0.15) is 0 Å². The fourth-order valence-corrected chi connectivity index (χ4v) is 5.01. The van der Waals surface area contributed by atoms with E-state index in [9.17, 15) is 9.59 Å². The van der Waals surface area contributed by atoms with Crippen LogP contribution in [-0.2, 0) is 12.8 Å². The van der Waals surface area contributed by atoms with Crippen molar-refractivity contribution in [3.05, 3.63) is 58.7 Å². The quantitative estimate of drug-likeness (QED) is 0.400. The van der Waals surface area contributed by atoms with Crippen molar-refractivity contribution in [2.75, 3.05) is 0 Å². The van der Waals surface area contributed by atoms with E-state index >= 15 is 0 Å². The van der Waals surface area contributed by atoms with E-state index in [1.54, 1.807) is 12.1 Å². The summed E-state index contributed by atoms with van der Waals surface area (Å²) in [6, 6.07) is 11.2. The van der Waals surface area contributed by atoms with Crippen molar-refractivity contribution in [1.82, 2.24) is 0 Å². The van der Waals surface area contributed by atoms with E-state index in [0.717, 1.165) is 33.8 Å². The predicted octanol–water partition coefficient (Wildman–Crippen LogP) is 6.37. The average Bonchev–Trinajstić information content (AvgIpc) is 2.58. The van der Waals surface area contributed by atoms with Crippen LogP contribution in [0.5, 0.6) is 0 Å². The third kappa shape index (κ3) is 4.79. The van der Waals surface area contributed by atoms with E-state index in [2.05, 4.69) is 0 Å². The fourth-order valence-electron chi connectivity index (χ4n) is 2.13. The zero-order chi connectivity index (χ0) is 17.7. The summed E-state index contributed by atoms with van der Waals surface area (Å²) < 4.78 is 0. The van der Waals surface area contributed by atoms with Gasteiger partial charge in [0, 0.05) is 20.9 Å². The molecule has 0 aliphatic carbocycles. The summed E-state index contributed by atoms with van der Waals surface area (Å²) in [6.45, 7) is 4.10. The molecule has 0 radical (unpaired) electrons. The first-order valence-electron chi connectivity index (χ1n) is 7.46. The van der Waals surface area contributed by atoms with Crippen LogP contribution in [0.1, 0.15) is 45.7 Å². The van der Waals surface area contributed by atoms with Crippen molar-refractivity contribution >= 4 is 55.3 Å². The third-order valence-corrected chi connectivity index (χ3v) is 6.41. The molecular formula is C18H16Cl2O2S2. The van der Waals surface area contributed by atoms with Crippen LogP contribution >= 0.6 is 44.8 Å². The lowest BCUT2D eigenvalue weighted by Crippen LogP contribution is -1.95. The van der Waals surface area contributed by atoms with Gasteiger partial charge >= 0.3 is 0 Å². The number of hydrogen-bond acceptors (Lipinski definition) is 4. The van der Waals surface area contributed by atoms with Gasteiger partial charge < -0.3 is 0 Å². The number of rotatable bonds is 7. The van der Waals surface area contributed by atoms with Gasteiger partial charge in [-0.2, -0.15) is 0 Å². The minimum Gasteiger partial charge on any atom is -0.276 e. The Morgan fingerprint density at radius 1 is 0.792 bits per heavy atom. The van der Waals surface area contributed by atoms with Crippen LogP contribution in [0.15, 0.2) is 46.2 Å². The monoisotopic (exact) mass is 398 g/mol. The number of halogens is 2. The lowest BCUT2D eigenvalue weighted by atomic mass is 10.1. The number of carbonyl (C=O) groups is 2. The zero-order valence-corrected chi connectivity index (χ0v) is 16.4. The highest BCUT2D eigenvalue weighted by molar-refractivity contribution is 8.76. The third-order valence-electron chi connectivity index (χ3n) is 3.55. The van der Waals surface area contributed by atoms with Crippen molar-refractivity contribution in [2.24, 2.45) is 0 Å². The second kappa shape index (κ2) is 8.95. The van der Waals surface area contributed by atoms with Crippen molar-refractivity contribution in [1.29, 1.82) is 0 Å². The number of carbonyl (C=O) groups excluding carboxylic acids is 2. The molecule has 0 saturated carbocycles. The molecule has 0 aliphatic heterocycles. The molecule has 2 rings (SSSR count). The molecule has 24 heavy (non-hydrogen) atoms. The number of hydrogen-bond donors (Lipinski definition) is 0. The molecule has 0 unspecified atom stereocenters. The van der Waals surface area contributed by atoms with Crippen LogP contribution in [0.25, 0.3) is 0 Å². The summed E-state index contributed by atoms with van der Waals surface area (Å²) in [5, 5.41) is -0.978. The molecule has 2 aromatic rings. The zero-order valence-electron chi connectivity index (χ0n) is 13.3. The van der Waals surface area contributed by atoms with E-state index in [-0.39, 0.29) is 0 Å². The van der Waals surface area contributed by atoms with Crippen LogP contribution in [0.4, 0.5) is 0 Å². The van der Waals surface area contributed by atoms with Crippen LogP contribution in [-0.4, -0.2) is 10.5 Å². The van der Waals surface area contributed by atoms with Gasteiger partial charge in [0.15, 0.2) is 0 Å². The van der Waals surface area contributed by atoms with E-state index < -0.39 is 10.5 Å². The molecule has 2 nitrogen and oxygen atoms in total. The van der Waals surface area contributed by atoms with Crippen molar-refractivity contribution in [3.63, 3.8) is 0 Å². The molecule has 0 amide bonds. The maximum Gasteiger partial charge on any atom is 0.253 e. The fraction of sp³-hybridized carbons (Fsp3) is 0.222. The van der Waals surface area contributed by atoms with Gasteiger partial charge in [0.25, 0.3) is 10.5 Å². The molecule has 0 spiro atoms. The van der Waals surface area contributed by atoms with Gasteiger partial charge in [0.2, 0.25) is 0 Å². The van der Waals surface area contributed by atoms with Gasteiger partial charge in [-0.25, -0.2) is 0 Å².